The molecular formula is C71H48N2. The van der Waals surface area contributed by atoms with E-state index in [1.165, 1.54) is 44.5 Å². The van der Waals surface area contributed by atoms with Crippen molar-refractivity contribution in [3.8, 4) is 100 Å². The zero-order chi connectivity index (χ0) is 48.6. The van der Waals surface area contributed by atoms with Crippen molar-refractivity contribution in [1.82, 2.24) is 9.97 Å². The van der Waals surface area contributed by atoms with Crippen LogP contribution in [0, 0.1) is 0 Å². The van der Waals surface area contributed by atoms with Crippen LogP contribution in [0.4, 0.5) is 0 Å². The van der Waals surface area contributed by atoms with Crippen LogP contribution in [-0.2, 0) is 5.41 Å². The van der Waals surface area contributed by atoms with Crippen molar-refractivity contribution in [3.05, 3.63) is 314 Å². The molecule has 73 heavy (non-hydrogen) atoms. The molecule has 2 nitrogen and oxygen atoms in total. The van der Waals surface area contributed by atoms with E-state index in [0.717, 1.165) is 78.1 Å². The SMILES string of the molecule is c1ccc(-c2cccc(-c3cc(-c4cccc(-c5ccccc5)c4)cc(C4(c5cc(-c6cccc(-c7ccccc7)c6)cc(-c6cccc(-c7ccccc7)c6)c5)c5cccnc5-c5ncccc54)c3)c2)cc1. The number of hydrogen-bond acceptors (Lipinski definition) is 2. The monoisotopic (exact) mass is 928 g/mol. The van der Waals surface area contributed by atoms with Gasteiger partial charge in [0.25, 0.3) is 0 Å². The van der Waals surface area contributed by atoms with Crippen LogP contribution >= 0.6 is 0 Å². The molecule has 2 heterocycles. The van der Waals surface area contributed by atoms with E-state index in [4.69, 9.17) is 9.97 Å². The Balaban J connectivity index is 1.12. The summed E-state index contributed by atoms with van der Waals surface area (Å²) in [5.74, 6) is 0. The molecule has 2 heteroatoms. The minimum atomic E-state index is -0.856. The molecule has 0 saturated heterocycles. The molecule has 0 aliphatic heterocycles. The predicted octanol–water partition coefficient (Wildman–Crippen LogP) is 18.2. The molecular weight excluding hydrogens is 881 g/mol. The van der Waals surface area contributed by atoms with Crippen molar-refractivity contribution in [3.63, 3.8) is 0 Å². The third kappa shape index (κ3) is 8.06. The highest BCUT2D eigenvalue weighted by molar-refractivity contribution is 5.88. The first-order chi connectivity index (χ1) is 36.2. The molecule has 12 aromatic rings. The highest BCUT2D eigenvalue weighted by atomic mass is 14.8. The third-order valence-electron chi connectivity index (χ3n) is 14.6. The largest absolute Gasteiger partial charge is 0.254 e. The Labute approximate surface area is 427 Å². The van der Waals surface area contributed by atoms with E-state index >= 15 is 0 Å². The van der Waals surface area contributed by atoms with E-state index in [1.54, 1.807) is 0 Å². The Morgan fingerprint density at radius 3 is 0.699 bits per heavy atom. The van der Waals surface area contributed by atoms with Crippen LogP contribution in [0.2, 0.25) is 0 Å². The van der Waals surface area contributed by atoms with Crippen molar-refractivity contribution in [2.45, 2.75) is 5.41 Å². The zero-order valence-electron chi connectivity index (χ0n) is 40.1. The highest BCUT2D eigenvalue weighted by Crippen LogP contribution is 2.57. The van der Waals surface area contributed by atoms with E-state index in [-0.39, 0.29) is 0 Å². The Morgan fingerprint density at radius 2 is 0.425 bits per heavy atom. The Bertz CT molecular complexity index is 3490. The van der Waals surface area contributed by atoms with Gasteiger partial charge in [-0.15, -0.1) is 0 Å². The van der Waals surface area contributed by atoms with E-state index in [1.807, 2.05) is 12.4 Å². The summed E-state index contributed by atoms with van der Waals surface area (Å²) >= 11 is 0. The number of aromatic nitrogens is 2. The summed E-state index contributed by atoms with van der Waals surface area (Å²) in [6.45, 7) is 0. The number of nitrogens with zero attached hydrogens (tertiary/aromatic N) is 2. The van der Waals surface area contributed by atoms with E-state index in [9.17, 15) is 0 Å². The smallest absolute Gasteiger partial charge is 0.0937 e. The van der Waals surface area contributed by atoms with Crippen molar-refractivity contribution in [2.75, 3.05) is 0 Å². The topological polar surface area (TPSA) is 25.8 Å². The van der Waals surface area contributed by atoms with Crippen LogP contribution in [0.15, 0.2) is 291 Å². The molecule has 0 spiro atoms. The fourth-order valence-electron chi connectivity index (χ4n) is 11.1. The van der Waals surface area contributed by atoms with Crippen LogP contribution in [0.1, 0.15) is 22.3 Å². The summed E-state index contributed by atoms with van der Waals surface area (Å²) in [5.41, 5.74) is 23.9. The summed E-state index contributed by atoms with van der Waals surface area (Å²) in [5, 5.41) is 0. The lowest BCUT2D eigenvalue weighted by molar-refractivity contribution is 0.766. The second kappa shape index (κ2) is 18.7. The van der Waals surface area contributed by atoms with Crippen LogP contribution in [0.25, 0.3) is 100 Å². The summed E-state index contributed by atoms with van der Waals surface area (Å²) in [6.07, 6.45) is 3.82. The number of pyridine rings is 2. The number of benzene rings is 10. The first-order valence-corrected chi connectivity index (χ1v) is 25.0. The van der Waals surface area contributed by atoms with Crippen LogP contribution < -0.4 is 0 Å². The molecule has 0 N–H and O–H groups in total. The molecule has 0 unspecified atom stereocenters. The first kappa shape index (κ1) is 43.5. The molecule has 0 atom stereocenters. The van der Waals surface area contributed by atoms with Crippen LogP contribution in [0.3, 0.4) is 0 Å². The minimum Gasteiger partial charge on any atom is -0.254 e. The lowest BCUT2D eigenvalue weighted by Crippen LogP contribution is -2.29. The number of fused-ring (bicyclic) bond motifs is 3. The van der Waals surface area contributed by atoms with Gasteiger partial charge in [0, 0.05) is 12.4 Å². The van der Waals surface area contributed by atoms with Crippen LogP contribution in [-0.4, -0.2) is 9.97 Å². The maximum atomic E-state index is 5.19. The Morgan fingerprint density at radius 1 is 0.192 bits per heavy atom. The first-order valence-electron chi connectivity index (χ1n) is 25.0. The summed E-state index contributed by atoms with van der Waals surface area (Å²) in [6, 6.07) is 102. The summed E-state index contributed by atoms with van der Waals surface area (Å²) < 4.78 is 0. The molecule has 342 valence electrons. The fourth-order valence-corrected chi connectivity index (χ4v) is 11.1. The molecule has 0 radical (unpaired) electrons. The van der Waals surface area contributed by atoms with Gasteiger partial charge in [0.1, 0.15) is 0 Å². The lowest BCUT2D eigenvalue weighted by Gasteiger charge is -2.35. The molecule has 2 aromatic heterocycles. The quantitative estimate of drug-likeness (QED) is 0.137. The fraction of sp³-hybridized carbons (Fsp3) is 0.0141. The molecule has 0 amide bonds. The van der Waals surface area contributed by atoms with Gasteiger partial charge < -0.3 is 0 Å². The van der Waals surface area contributed by atoms with Gasteiger partial charge >= 0.3 is 0 Å². The molecule has 10 aromatic carbocycles. The number of hydrogen-bond donors (Lipinski definition) is 0. The second-order valence-corrected chi connectivity index (χ2v) is 18.9. The highest BCUT2D eigenvalue weighted by Gasteiger charge is 2.48. The van der Waals surface area contributed by atoms with Gasteiger partial charge in [0.05, 0.1) is 16.8 Å². The van der Waals surface area contributed by atoms with Gasteiger partial charge in [-0.25, -0.2) is 0 Å². The summed E-state index contributed by atoms with van der Waals surface area (Å²) in [4.78, 5) is 10.4. The normalized spacial score (nSPS) is 12.2. The van der Waals surface area contributed by atoms with Gasteiger partial charge in [0.2, 0.25) is 0 Å². The van der Waals surface area contributed by atoms with Crippen molar-refractivity contribution < 1.29 is 0 Å². The van der Waals surface area contributed by atoms with Crippen molar-refractivity contribution in [1.29, 1.82) is 0 Å². The van der Waals surface area contributed by atoms with Gasteiger partial charge in [0.15, 0.2) is 0 Å². The molecule has 1 aliphatic rings. The van der Waals surface area contributed by atoms with E-state index < -0.39 is 5.41 Å². The zero-order valence-corrected chi connectivity index (χ0v) is 40.1. The lowest BCUT2D eigenvalue weighted by atomic mass is 9.66. The third-order valence-corrected chi connectivity index (χ3v) is 14.6. The average molecular weight is 929 g/mol. The predicted molar refractivity (Wildman–Crippen MR) is 303 cm³/mol. The van der Waals surface area contributed by atoms with Gasteiger partial charge in [-0.2, -0.15) is 0 Å². The molecule has 13 rings (SSSR count). The molecule has 0 bridgehead atoms. The molecule has 0 saturated carbocycles. The second-order valence-electron chi connectivity index (χ2n) is 18.9. The molecule has 0 fully saturated rings. The van der Waals surface area contributed by atoms with Gasteiger partial charge in [-0.1, -0.05) is 206 Å². The van der Waals surface area contributed by atoms with Crippen molar-refractivity contribution in [2.24, 2.45) is 0 Å². The van der Waals surface area contributed by atoms with Crippen molar-refractivity contribution >= 4 is 0 Å². The minimum absolute atomic E-state index is 0.856. The van der Waals surface area contributed by atoms with Crippen LogP contribution in [0.5, 0.6) is 0 Å². The standard InChI is InChI=1S/C71H48N2/c1-5-19-49(20-6-1)53-27-13-31-57(39-53)61-43-62(58-32-14-28-54(40-58)50-21-7-2-8-22-50)46-65(45-61)71(67-35-17-37-72-69(67)70-68(71)36-18-38-73-70)66-47-63(59-33-15-29-55(41-59)51-23-9-3-10-24-51)44-64(48-66)60-34-16-30-56(42-60)52-25-11-4-12-26-52/h1-48H. The van der Waals surface area contributed by atoms with E-state index in [2.05, 4.69) is 279 Å². The summed E-state index contributed by atoms with van der Waals surface area (Å²) in [7, 11) is 0. The van der Waals surface area contributed by atoms with Gasteiger partial charge in [-0.05, 0) is 184 Å². The molecule has 1 aliphatic carbocycles. The maximum absolute atomic E-state index is 5.19. The Kier molecular flexibility index (Phi) is 11.1. The average Bonchev–Trinajstić information content (AvgIpc) is 3.80. The maximum Gasteiger partial charge on any atom is 0.0937 e. The number of rotatable bonds is 10. The van der Waals surface area contributed by atoms with Gasteiger partial charge in [-0.3, -0.25) is 9.97 Å². The Hall–Kier alpha value is -9.50. The van der Waals surface area contributed by atoms with E-state index in [0.29, 0.717) is 0 Å².